The zero-order valence-corrected chi connectivity index (χ0v) is 10.8. The van der Waals surface area contributed by atoms with Crippen LogP contribution in [0.1, 0.15) is 10.4 Å². The summed E-state index contributed by atoms with van der Waals surface area (Å²) in [5, 5.41) is 8.41. The molecule has 0 aliphatic carbocycles. The smallest absolute Gasteiger partial charge is 0.478 e. The fraction of sp³-hybridized carbons (Fsp3) is 0. The van der Waals surface area contributed by atoms with Crippen molar-refractivity contribution < 1.29 is 78.6 Å². The molecule has 0 spiro atoms. The molecular weight excluding hydrogens is 242 g/mol. The molecule has 1 N–H and O–H groups in total. The molecule has 0 heterocycles. The number of hydrogen-bond acceptors (Lipinski definition) is 1. The van der Waals surface area contributed by atoms with Crippen LogP contribution in [0.25, 0.3) is 0 Å². The molecule has 1 rings (SSSR count). The first-order chi connectivity index (χ1) is 6.32. The van der Waals surface area contributed by atoms with Gasteiger partial charge < -0.3 is 18.1 Å². The molecule has 0 aromatic heterocycles. The van der Waals surface area contributed by atoms with Gasteiger partial charge in [0.25, 0.3) is 0 Å². The average Bonchev–Trinajstić information content (AvgIpc) is 2.01. The predicted octanol–water partition coefficient (Wildman–Crippen LogP) is -1.42. The zero-order valence-electron chi connectivity index (χ0n) is 7.68. The molecule has 76 valence electrons. The molecule has 15 heavy (non-hydrogen) atoms. The molecule has 0 amide bonds. The van der Waals surface area contributed by atoms with Crippen molar-refractivity contribution in [2.24, 2.45) is 0 Å². The number of halogens is 4. The minimum Gasteiger partial charge on any atom is -0.478 e. The summed E-state index contributed by atoms with van der Waals surface area (Å²) in [6.07, 6.45) is 0. The van der Waals surface area contributed by atoms with Crippen LogP contribution in [0.2, 0.25) is 0 Å². The van der Waals surface area contributed by atoms with E-state index in [4.69, 9.17) is 5.11 Å². The molecule has 0 saturated carbocycles. The van der Waals surface area contributed by atoms with Crippen LogP contribution in [0.5, 0.6) is 0 Å². The summed E-state index contributed by atoms with van der Waals surface area (Å²) in [4.78, 5) is 10.4. The summed E-state index contributed by atoms with van der Waals surface area (Å²) >= 11 is 0. The van der Waals surface area contributed by atoms with Gasteiger partial charge in [-0.2, -0.15) is 0 Å². The number of aromatic carboxylic acids is 1. The second-order valence-corrected chi connectivity index (χ2v) is 2.61. The Balaban J connectivity index is 0.00000196. The van der Waals surface area contributed by atoms with Crippen LogP contribution in [-0.4, -0.2) is 18.1 Å². The molecule has 0 radical (unpaired) electrons. The Morgan fingerprint density at radius 3 is 2.20 bits per heavy atom. The van der Waals surface area contributed by atoms with Crippen LogP contribution >= 0.6 is 0 Å². The van der Waals surface area contributed by atoms with Crippen molar-refractivity contribution in [1.29, 1.82) is 0 Å². The van der Waals surface area contributed by atoms with Gasteiger partial charge in [-0.1, -0.05) is 11.5 Å². The van der Waals surface area contributed by atoms with E-state index < -0.39 is 29.8 Å². The summed E-state index contributed by atoms with van der Waals surface area (Å²) in [6.45, 7) is -5.51. The Labute approximate surface area is 125 Å². The summed E-state index contributed by atoms with van der Waals surface area (Å²) in [5.74, 6) is -2.83. The van der Waals surface area contributed by atoms with Gasteiger partial charge in [0.15, 0.2) is 0 Å². The first kappa shape index (κ1) is 15.1. The fourth-order valence-corrected chi connectivity index (χ4v) is 0.999. The van der Waals surface area contributed by atoms with Gasteiger partial charge in [-0.25, -0.2) is 9.18 Å². The van der Waals surface area contributed by atoms with E-state index in [2.05, 4.69) is 0 Å². The van der Waals surface area contributed by atoms with Crippen molar-refractivity contribution in [1.82, 2.24) is 0 Å². The third kappa shape index (κ3) is 3.88. The van der Waals surface area contributed by atoms with Crippen LogP contribution in [0.3, 0.4) is 0 Å². The minimum absolute atomic E-state index is 0. The summed E-state index contributed by atoms with van der Waals surface area (Å²) in [6, 6.07) is 1.46. The number of carboxylic acids is 1. The van der Waals surface area contributed by atoms with E-state index >= 15 is 0 Å². The molecule has 2 nitrogen and oxygen atoms in total. The van der Waals surface area contributed by atoms with Crippen LogP contribution in [0, 0.1) is 5.82 Å². The third-order valence-electron chi connectivity index (χ3n) is 1.60. The van der Waals surface area contributed by atoms with Crippen LogP contribution in [0.4, 0.5) is 17.3 Å². The third-order valence-corrected chi connectivity index (χ3v) is 1.60. The van der Waals surface area contributed by atoms with E-state index in [9.17, 15) is 22.1 Å². The Bertz CT molecular complexity index is 380. The first-order valence-corrected chi connectivity index (χ1v) is 3.55. The molecule has 1 aromatic carbocycles. The molecule has 0 unspecified atom stereocenters. The maximum absolute atomic E-state index is 12.5. The average molecular weight is 246 g/mol. The molecule has 0 aliphatic heterocycles. The summed E-state index contributed by atoms with van der Waals surface area (Å²) < 4.78 is 49.1. The molecule has 0 saturated heterocycles. The van der Waals surface area contributed by atoms with Crippen molar-refractivity contribution >= 4 is 18.4 Å². The van der Waals surface area contributed by atoms with Crippen LogP contribution in [-0.2, 0) is 0 Å². The van der Waals surface area contributed by atoms with E-state index in [1.807, 2.05) is 0 Å². The topological polar surface area (TPSA) is 37.3 Å². The van der Waals surface area contributed by atoms with Gasteiger partial charge in [-0.15, -0.1) is 0 Å². The SMILES string of the molecule is O=C(O)c1ccc(F)cc1[B-](F)(F)F.[K+]. The number of carbonyl (C=O) groups is 1. The molecule has 0 fully saturated rings. The monoisotopic (exact) mass is 246 g/mol. The zero-order chi connectivity index (χ0) is 10.9. The standard InChI is InChI=1S/C7H4BF4O2.K/c9-4-1-2-5(7(13)14)6(3-4)8(10,11)12;/h1-3H,(H,13,14);/q-1;+1. The molecule has 0 atom stereocenters. The number of carboxylic acid groups (broad SMARTS) is 1. The van der Waals surface area contributed by atoms with Gasteiger partial charge in [0.05, 0.1) is 0 Å². The van der Waals surface area contributed by atoms with E-state index in [0.717, 1.165) is 0 Å². The summed E-state index contributed by atoms with van der Waals surface area (Å²) in [5.41, 5.74) is -2.35. The second kappa shape index (κ2) is 5.44. The maximum Gasteiger partial charge on any atom is 1.00 e. The van der Waals surface area contributed by atoms with Crippen molar-refractivity contribution in [2.45, 2.75) is 0 Å². The van der Waals surface area contributed by atoms with E-state index in [1.54, 1.807) is 0 Å². The Morgan fingerprint density at radius 2 is 1.80 bits per heavy atom. The van der Waals surface area contributed by atoms with Crippen molar-refractivity contribution in [3.05, 3.63) is 29.6 Å². The molecule has 0 aliphatic rings. The normalized spacial score (nSPS) is 10.7. The minimum atomic E-state index is -5.51. The predicted molar refractivity (Wildman–Crippen MR) is 42.1 cm³/mol. The second-order valence-electron chi connectivity index (χ2n) is 2.61. The quantitative estimate of drug-likeness (QED) is 0.513. The molecule has 8 heteroatoms. The summed E-state index contributed by atoms with van der Waals surface area (Å²) in [7, 11) is 0. The van der Waals surface area contributed by atoms with Crippen molar-refractivity contribution in [3.63, 3.8) is 0 Å². The Morgan fingerprint density at radius 1 is 1.27 bits per heavy atom. The van der Waals surface area contributed by atoms with Gasteiger partial charge in [-0.05, 0) is 12.1 Å². The van der Waals surface area contributed by atoms with Gasteiger partial charge in [0.2, 0.25) is 0 Å². The largest absolute Gasteiger partial charge is 1.00 e. The van der Waals surface area contributed by atoms with Gasteiger partial charge in [0, 0.05) is 5.56 Å². The van der Waals surface area contributed by atoms with Crippen LogP contribution in [0.15, 0.2) is 18.2 Å². The Kier molecular flexibility index (Phi) is 5.48. The first-order valence-electron chi connectivity index (χ1n) is 3.55. The van der Waals surface area contributed by atoms with Gasteiger partial charge in [-0.3, -0.25) is 0 Å². The van der Waals surface area contributed by atoms with Crippen molar-refractivity contribution in [2.75, 3.05) is 0 Å². The Hall–Kier alpha value is 0.111. The molecular formula is C7H4BF4KO2. The van der Waals surface area contributed by atoms with Crippen molar-refractivity contribution in [3.8, 4) is 0 Å². The van der Waals surface area contributed by atoms with Crippen LogP contribution < -0.4 is 56.8 Å². The van der Waals surface area contributed by atoms with E-state index in [0.29, 0.717) is 12.1 Å². The van der Waals surface area contributed by atoms with Gasteiger partial charge >= 0.3 is 64.3 Å². The molecule has 1 aromatic rings. The molecule has 0 bridgehead atoms. The number of rotatable bonds is 2. The van der Waals surface area contributed by atoms with E-state index in [-0.39, 0.29) is 57.5 Å². The van der Waals surface area contributed by atoms with E-state index in [1.165, 1.54) is 0 Å². The maximum atomic E-state index is 12.5. The fourth-order valence-electron chi connectivity index (χ4n) is 0.999. The number of hydrogen-bond donors (Lipinski definition) is 1. The number of benzene rings is 1. The van der Waals surface area contributed by atoms with Gasteiger partial charge in [0.1, 0.15) is 5.82 Å².